The van der Waals surface area contributed by atoms with Gasteiger partial charge in [-0.1, -0.05) is 31.0 Å². The first-order chi connectivity index (χ1) is 7.71. The Hall–Kier alpha value is -0.800. The van der Waals surface area contributed by atoms with Gasteiger partial charge in [0, 0.05) is 21.6 Å². The van der Waals surface area contributed by atoms with Crippen LogP contribution in [-0.4, -0.2) is 4.98 Å². The molecule has 2 aromatic rings. The number of hydrogen-bond acceptors (Lipinski definition) is 1. The molecule has 3 N–H and O–H groups in total. The van der Waals surface area contributed by atoms with Crippen molar-refractivity contribution < 1.29 is 0 Å². The van der Waals surface area contributed by atoms with Crippen LogP contribution in [0.4, 0.5) is 0 Å². The number of para-hydroxylation sites is 1. The highest BCUT2D eigenvalue weighted by Gasteiger charge is 2.32. The largest absolute Gasteiger partial charge is 0.360 e. The van der Waals surface area contributed by atoms with Gasteiger partial charge in [0.25, 0.3) is 0 Å². The Kier molecular flexibility index (Phi) is 2.33. The van der Waals surface area contributed by atoms with Crippen LogP contribution in [0, 0.1) is 0 Å². The van der Waals surface area contributed by atoms with Gasteiger partial charge >= 0.3 is 0 Å². The molecule has 1 aliphatic rings. The van der Waals surface area contributed by atoms with E-state index < -0.39 is 0 Å². The monoisotopic (exact) mass is 278 g/mol. The molecule has 1 saturated carbocycles. The van der Waals surface area contributed by atoms with E-state index in [-0.39, 0.29) is 5.54 Å². The third kappa shape index (κ3) is 1.42. The lowest BCUT2D eigenvalue weighted by Crippen LogP contribution is -2.33. The van der Waals surface area contributed by atoms with Crippen molar-refractivity contribution in [1.82, 2.24) is 4.98 Å². The molecule has 3 heteroatoms. The van der Waals surface area contributed by atoms with Gasteiger partial charge < -0.3 is 10.7 Å². The van der Waals surface area contributed by atoms with Gasteiger partial charge in [-0.05, 0) is 34.3 Å². The normalized spacial score (nSPS) is 19.4. The molecule has 1 aliphatic carbocycles. The van der Waals surface area contributed by atoms with Crippen LogP contribution in [0.3, 0.4) is 0 Å². The van der Waals surface area contributed by atoms with Gasteiger partial charge in [-0.3, -0.25) is 0 Å². The summed E-state index contributed by atoms with van der Waals surface area (Å²) in [5.74, 6) is 0. The lowest BCUT2D eigenvalue weighted by Gasteiger charge is -2.24. The van der Waals surface area contributed by atoms with Crippen molar-refractivity contribution in [2.24, 2.45) is 5.73 Å². The number of fused-ring (bicyclic) bond motifs is 1. The molecule has 0 atom stereocenters. The van der Waals surface area contributed by atoms with Crippen LogP contribution >= 0.6 is 15.9 Å². The van der Waals surface area contributed by atoms with Crippen LogP contribution in [0.5, 0.6) is 0 Å². The maximum atomic E-state index is 6.52. The molecule has 84 valence electrons. The topological polar surface area (TPSA) is 41.8 Å². The van der Waals surface area contributed by atoms with Gasteiger partial charge in [-0.2, -0.15) is 0 Å². The molecular weight excluding hydrogens is 264 g/mol. The first-order valence-electron chi connectivity index (χ1n) is 5.76. The summed E-state index contributed by atoms with van der Waals surface area (Å²) in [4.78, 5) is 3.33. The number of benzene rings is 1. The van der Waals surface area contributed by atoms with Gasteiger partial charge in [-0.25, -0.2) is 0 Å². The van der Waals surface area contributed by atoms with Crippen LogP contribution < -0.4 is 5.73 Å². The molecule has 1 aromatic heterocycles. The fourth-order valence-electron chi connectivity index (χ4n) is 2.81. The standard InChI is InChI=1S/C13H15BrN2/c14-11-8-16-12-9(11)4-3-5-10(12)13(15)6-1-2-7-13/h3-5,8,16H,1-2,6-7,15H2. The van der Waals surface area contributed by atoms with Crippen LogP contribution in [0.2, 0.25) is 0 Å². The summed E-state index contributed by atoms with van der Waals surface area (Å²) in [5, 5.41) is 1.23. The van der Waals surface area contributed by atoms with Crippen LogP contribution in [0.25, 0.3) is 10.9 Å². The summed E-state index contributed by atoms with van der Waals surface area (Å²) < 4.78 is 1.12. The van der Waals surface area contributed by atoms with Crippen molar-refractivity contribution in [3.63, 3.8) is 0 Å². The van der Waals surface area contributed by atoms with E-state index in [9.17, 15) is 0 Å². The first-order valence-corrected chi connectivity index (χ1v) is 6.55. The number of halogens is 1. The second-order valence-corrected chi connectivity index (χ2v) is 5.58. The maximum absolute atomic E-state index is 6.52. The zero-order chi connectivity index (χ0) is 11.2. The minimum atomic E-state index is -0.121. The SMILES string of the molecule is NC1(c2cccc3c(Br)c[nH]c23)CCCC1. The van der Waals surface area contributed by atoms with E-state index in [2.05, 4.69) is 39.1 Å². The van der Waals surface area contributed by atoms with Crippen LogP contribution in [-0.2, 0) is 5.54 Å². The summed E-state index contributed by atoms with van der Waals surface area (Å²) in [5.41, 5.74) is 8.86. The van der Waals surface area contributed by atoms with E-state index >= 15 is 0 Å². The number of aromatic amines is 1. The molecule has 0 aliphatic heterocycles. The molecule has 1 aromatic carbocycles. The smallest absolute Gasteiger partial charge is 0.0517 e. The van der Waals surface area contributed by atoms with E-state index in [4.69, 9.17) is 5.73 Å². The van der Waals surface area contributed by atoms with E-state index in [1.807, 2.05) is 6.20 Å². The highest BCUT2D eigenvalue weighted by atomic mass is 79.9. The Morgan fingerprint density at radius 2 is 2.00 bits per heavy atom. The van der Waals surface area contributed by atoms with Crippen molar-refractivity contribution >= 4 is 26.8 Å². The molecule has 1 heterocycles. The molecule has 0 amide bonds. The van der Waals surface area contributed by atoms with Gasteiger partial charge in [0.05, 0.1) is 5.52 Å². The third-order valence-corrected chi connectivity index (χ3v) is 4.35. The number of rotatable bonds is 1. The van der Waals surface area contributed by atoms with E-state index in [1.165, 1.54) is 29.3 Å². The second-order valence-electron chi connectivity index (χ2n) is 4.73. The molecule has 3 rings (SSSR count). The summed E-state index contributed by atoms with van der Waals surface area (Å²) in [6.45, 7) is 0. The minimum absolute atomic E-state index is 0.121. The van der Waals surface area contributed by atoms with Gasteiger partial charge in [-0.15, -0.1) is 0 Å². The fourth-order valence-corrected chi connectivity index (χ4v) is 3.26. The van der Waals surface area contributed by atoms with Crippen LogP contribution in [0.1, 0.15) is 31.2 Å². The molecule has 0 unspecified atom stereocenters. The van der Waals surface area contributed by atoms with Gasteiger partial charge in [0.15, 0.2) is 0 Å². The van der Waals surface area contributed by atoms with Crippen molar-refractivity contribution in [3.8, 4) is 0 Å². The molecule has 16 heavy (non-hydrogen) atoms. The Balaban J connectivity index is 2.23. The molecule has 0 bridgehead atoms. The molecule has 0 radical (unpaired) electrons. The van der Waals surface area contributed by atoms with Gasteiger partial charge in [0.2, 0.25) is 0 Å². The van der Waals surface area contributed by atoms with E-state index in [0.717, 1.165) is 17.3 Å². The predicted octanol–water partition coefficient (Wildman–Crippen LogP) is 3.66. The second kappa shape index (κ2) is 3.60. The maximum Gasteiger partial charge on any atom is 0.0517 e. The van der Waals surface area contributed by atoms with Crippen molar-refractivity contribution in [3.05, 3.63) is 34.4 Å². The zero-order valence-corrected chi connectivity index (χ0v) is 10.7. The molecule has 1 fully saturated rings. The van der Waals surface area contributed by atoms with E-state index in [1.54, 1.807) is 0 Å². The number of nitrogens with two attached hydrogens (primary N) is 1. The minimum Gasteiger partial charge on any atom is -0.360 e. The molecular formula is C13H15BrN2. The number of H-pyrrole nitrogens is 1. The third-order valence-electron chi connectivity index (χ3n) is 3.70. The van der Waals surface area contributed by atoms with E-state index in [0.29, 0.717) is 0 Å². The summed E-state index contributed by atoms with van der Waals surface area (Å²) in [6.07, 6.45) is 6.68. The molecule has 2 nitrogen and oxygen atoms in total. The Morgan fingerprint density at radius 1 is 1.25 bits per heavy atom. The van der Waals surface area contributed by atoms with Crippen molar-refractivity contribution in [2.45, 2.75) is 31.2 Å². The Bertz CT molecular complexity index is 524. The zero-order valence-electron chi connectivity index (χ0n) is 9.09. The van der Waals surface area contributed by atoms with Crippen molar-refractivity contribution in [2.75, 3.05) is 0 Å². The quantitative estimate of drug-likeness (QED) is 0.821. The lowest BCUT2D eigenvalue weighted by atomic mass is 9.88. The van der Waals surface area contributed by atoms with Crippen molar-refractivity contribution in [1.29, 1.82) is 0 Å². The Labute approximate surface area is 103 Å². The predicted molar refractivity (Wildman–Crippen MR) is 70.3 cm³/mol. The highest BCUT2D eigenvalue weighted by Crippen LogP contribution is 2.40. The summed E-state index contributed by atoms with van der Waals surface area (Å²) in [6, 6.07) is 6.39. The Morgan fingerprint density at radius 3 is 2.75 bits per heavy atom. The fraction of sp³-hybridized carbons (Fsp3) is 0.385. The van der Waals surface area contributed by atoms with Crippen LogP contribution in [0.15, 0.2) is 28.9 Å². The number of hydrogen-bond donors (Lipinski definition) is 2. The number of nitrogens with one attached hydrogen (secondary N) is 1. The highest BCUT2D eigenvalue weighted by molar-refractivity contribution is 9.10. The average molecular weight is 279 g/mol. The van der Waals surface area contributed by atoms with Gasteiger partial charge in [0.1, 0.15) is 0 Å². The lowest BCUT2D eigenvalue weighted by molar-refractivity contribution is 0.465. The molecule has 0 spiro atoms. The number of aromatic nitrogens is 1. The molecule has 0 saturated heterocycles. The summed E-state index contributed by atoms with van der Waals surface area (Å²) >= 11 is 3.56. The summed E-state index contributed by atoms with van der Waals surface area (Å²) in [7, 11) is 0. The average Bonchev–Trinajstić information content (AvgIpc) is 2.87. The first kappa shape index (κ1) is 10.4.